The van der Waals surface area contributed by atoms with Crippen LogP contribution in [-0.4, -0.2) is 35.1 Å². The molecule has 0 saturated carbocycles. The Labute approximate surface area is 100 Å². The molecular weight excluding hydrogens is 224 g/mol. The van der Waals surface area contributed by atoms with E-state index in [-0.39, 0.29) is 5.97 Å². The number of carbonyl (C=O) groups is 1. The van der Waals surface area contributed by atoms with Gasteiger partial charge in [0.25, 0.3) is 0 Å². The molecule has 0 atom stereocenters. The predicted octanol–water partition coefficient (Wildman–Crippen LogP) is 2.01. The molecule has 0 aromatic carbocycles. The molecule has 0 fully saturated rings. The fourth-order valence-corrected chi connectivity index (χ4v) is 2.97. The molecule has 0 bridgehead atoms. The van der Waals surface area contributed by atoms with E-state index >= 15 is 0 Å². The van der Waals surface area contributed by atoms with E-state index in [9.17, 15) is 4.79 Å². The number of esters is 1. The fraction of sp³-hybridized carbons (Fsp3) is 0.909. The molecular formula is C11H24O4Si. The Morgan fingerprint density at radius 1 is 1.12 bits per heavy atom. The van der Waals surface area contributed by atoms with E-state index in [0.29, 0.717) is 26.2 Å². The fourth-order valence-electron chi connectivity index (χ4n) is 1.30. The predicted molar refractivity (Wildman–Crippen MR) is 65.7 cm³/mol. The van der Waals surface area contributed by atoms with Crippen LogP contribution in [0.25, 0.3) is 0 Å². The summed E-state index contributed by atoms with van der Waals surface area (Å²) in [4.78, 5) is 11.1. The van der Waals surface area contributed by atoms with Crippen molar-refractivity contribution in [1.29, 1.82) is 0 Å². The molecule has 0 spiro atoms. The average molecular weight is 248 g/mol. The van der Waals surface area contributed by atoms with Gasteiger partial charge in [-0.25, -0.2) is 0 Å². The molecule has 0 heterocycles. The quantitative estimate of drug-likeness (QED) is 0.337. The maximum absolute atomic E-state index is 11.1. The first-order valence-electron chi connectivity index (χ1n) is 6.13. The van der Waals surface area contributed by atoms with Gasteiger partial charge in [0.2, 0.25) is 0 Å². The van der Waals surface area contributed by atoms with Crippen molar-refractivity contribution < 1.29 is 18.4 Å². The zero-order chi connectivity index (χ0) is 12.2. The third-order valence-electron chi connectivity index (χ3n) is 2.01. The maximum Gasteiger partial charge on any atom is 0.321 e. The Kier molecular flexibility index (Phi) is 10.8. The Balaban J connectivity index is 3.49. The second-order valence-corrected chi connectivity index (χ2v) is 5.56. The summed E-state index contributed by atoms with van der Waals surface area (Å²) in [5.41, 5.74) is 0. The summed E-state index contributed by atoms with van der Waals surface area (Å²) in [7, 11) is -1.50. The lowest BCUT2D eigenvalue weighted by molar-refractivity contribution is -0.143. The molecule has 0 N–H and O–H groups in total. The summed E-state index contributed by atoms with van der Waals surface area (Å²) in [5.74, 6) is -0.103. The first-order valence-corrected chi connectivity index (χ1v) is 7.89. The highest BCUT2D eigenvalue weighted by atomic mass is 28.3. The second-order valence-electron chi connectivity index (χ2n) is 3.45. The van der Waals surface area contributed by atoms with Crippen molar-refractivity contribution in [2.45, 2.75) is 46.1 Å². The minimum absolute atomic E-state index is 0.103. The zero-order valence-corrected chi connectivity index (χ0v) is 11.8. The largest absolute Gasteiger partial charge is 0.466 e. The van der Waals surface area contributed by atoms with Crippen molar-refractivity contribution in [2.24, 2.45) is 0 Å². The highest BCUT2D eigenvalue weighted by Gasteiger charge is 2.11. The van der Waals surface area contributed by atoms with Gasteiger partial charge in [-0.15, -0.1) is 0 Å². The molecule has 0 aliphatic rings. The van der Waals surface area contributed by atoms with Crippen LogP contribution in [0, 0.1) is 0 Å². The molecule has 0 rings (SSSR count). The SMILES string of the molecule is CCCC(=O)OCCC[SiH](OCC)OCC. The first kappa shape index (κ1) is 15.6. The van der Waals surface area contributed by atoms with Gasteiger partial charge in [0.1, 0.15) is 0 Å². The van der Waals surface area contributed by atoms with Crippen molar-refractivity contribution in [3.63, 3.8) is 0 Å². The molecule has 0 saturated heterocycles. The summed E-state index contributed by atoms with van der Waals surface area (Å²) >= 11 is 0. The third-order valence-corrected chi connectivity index (χ3v) is 4.30. The summed E-state index contributed by atoms with van der Waals surface area (Å²) in [6.45, 7) is 7.80. The van der Waals surface area contributed by atoms with Crippen LogP contribution in [0.5, 0.6) is 0 Å². The van der Waals surface area contributed by atoms with Crippen LogP contribution in [0.2, 0.25) is 6.04 Å². The Morgan fingerprint density at radius 3 is 2.25 bits per heavy atom. The lowest BCUT2D eigenvalue weighted by Gasteiger charge is -2.14. The highest BCUT2D eigenvalue weighted by Crippen LogP contribution is 2.03. The van der Waals surface area contributed by atoms with Gasteiger partial charge in [0, 0.05) is 19.6 Å². The minimum atomic E-state index is -1.50. The molecule has 0 amide bonds. The lowest BCUT2D eigenvalue weighted by atomic mass is 10.3. The molecule has 16 heavy (non-hydrogen) atoms. The van der Waals surface area contributed by atoms with E-state index in [1.165, 1.54) is 0 Å². The summed E-state index contributed by atoms with van der Waals surface area (Å²) in [6, 6.07) is 0.904. The number of carbonyl (C=O) groups excluding carboxylic acids is 1. The number of hydrogen-bond donors (Lipinski definition) is 0. The van der Waals surface area contributed by atoms with Crippen molar-refractivity contribution >= 4 is 15.3 Å². The number of ether oxygens (including phenoxy) is 1. The molecule has 0 aromatic rings. The van der Waals surface area contributed by atoms with Gasteiger partial charge in [-0.3, -0.25) is 4.79 Å². The van der Waals surface area contributed by atoms with Crippen molar-refractivity contribution in [2.75, 3.05) is 19.8 Å². The van der Waals surface area contributed by atoms with E-state index in [4.69, 9.17) is 13.6 Å². The van der Waals surface area contributed by atoms with E-state index < -0.39 is 9.28 Å². The summed E-state index contributed by atoms with van der Waals surface area (Å²) in [5, 5.41) is 0. The minimum Gasteiger partial charge on any atom is -0.466 e. The topological polar surface area (TPSA) is 44.8 Å². The van der Waals surface area contributed by atoms with Crippen LogP contribution >= 0.6 is 0 Å². The van der Waals surface area contributed by atoms with Gasteiger partial charge in [0.15, 0.2) is 0 Å². The molecule has 0 aliphatic heterocycles. The monoisotopic (exact) mass is 248 g/mol. The van der Waals surface area contributed by atoms with Crippen LogP contribution in [0.4, 0.5) is 0 Å². The zero-order valence-electron chi connectivity index (χ0n) is 10.7. The van der Waals surface area contributed by atoms with Gasteiger partial charge < -0.3 is 13.6 Å². The van der Waals surface area contributed by atoms with E-state index in [1.807, 2.05) is 20.8 Å². The number of rotatable bonds is 10. The molecule has 96 valence electrons. The first-order chi connectivity index (χ1) is 7.74. The summed E-state index contributed by atoms with van der Waals surface area (Å²) < 4.78 is 16.1. The lowest BCUT2D eigenvalue weighted by Crippen LogP contribution is -2.23. The standard InChI is InChI=1S/C11H24O4Si/c1-4-8-11(12)13-9-7-10-16(14-5-2)15-6-3/h16H,4-10H2,1-3H3. The van der Waals surface area contributed by atoms with Gasteiger partial charge in [-0.05, 0) is 32.7 Å². The van der Waals surface area contributed by atoms with Gasteiger partial charge in [0.05, 0.1) is 6.61 Å². The van der Waals surface area contributed by atoms with Crippen LogP contribution in [0.1, 0.15) is 40.0 Å². The Bertz CT molecular complexity index is 169. The Morgan fingerprint density at radius 2 is 1.75 bits per heavy atom. The van der Waals surface area contributed by atoms with E-state index in [1.54, 1.807) is 0 Å². The van der Waals surface area contributed by atoms with Crippen LogP contribution < -0.4 is 0 Å². The molecule has 5 heteroatoms. The number of hydrogen-bond acceptors (Lipinski definition) is 4. The average Bonchev–Trinajstić information content (AvgIpc) is 2.25. The van der Waals surface area contributed by atoms with Crippen LogP contribution in [0.3, 0.4) is 0 Å². The van der Waals surface area contributed by atoms with Crippen molar-refractivity contribution in [3.05, 3.63) is 0 Å². The highest BCUT2D eigenvalue weighted by molar-refractivity contribution is 6.44. The maximum atomic E-state index is 11.1. The molecule has 0 aromatic heterocycles. The Hall–Kier alpha value is -0.393. The smallest absolute Gasteiger partial charge is 0.321 e. The normalized spacial score (nSPS) is 10.8. The third kappa shape index (κ3) is 8.88. The van der Waals surface area contributed by atoms with Crippen molar-refractivity contribution in [3.8, 4) is 0 Å². The molecule has 4 nitrogen and oxygen atoms in total. The van der Waals surface area contributed by atoms with Gasteiger partial charge in [-0.1, -0.05) is 6.92 Å². The van der Waals surface area contributed by atoms with Crippen LogP contribution in [-0.2, 0) is 18.4 Å². The van der Waals surface area contributed by atoms with E-state index in [0.717, 1.165) is 18.9 Å². The van der Waals surface area contributed by atoms with Crippen LogP contribution in [0.15, 0.2) is 0 Å². The van der Waals surface area contributed by atoms with E-state index in [2.05, 4.69) is 0 Å². The summed E-state index contributed by atoms with van der Waals surface area (Å²) in [6.07, 6.45) is 2.19. The molecule has 0 unspecified atom stereocenters. The van der Waals surface area contributed by atoms with Gasteiger partial charge >= 0.3 is 15.3 Å². The molecule has 0 radical (unpaired) electrons. The van der Waals surface area contributed by atoms with Crippen molar-refractivity contribution in [1.82, 2.24) is 0 Å². The molecule has 0 aliphatic carbocycles. The van der Waals surface area contributed by atoms with Gasteiger partial charge in [-0.2, -0.15) is 0 Å². The second kappa shape index (κ2) is 11.1.